The van der Waals surface area contributed by atoms with Gasteiger partial charge < -0.3 is 15.5 Å². The first kappa shape index (κ1) is 14.9. The summed E-state index contributed by atoms with van der Waals surface area (Å²) in [6.45, 7) is -0.587. The number of nitrogens with zero attached hydrogens (tertiary/aromatic N) is 1. The number of aliphatic hydroxyl groups excluding tert-OH is 1. The fraction of sp³-hybridized carbons (Fsp3) is 0.200. The SMILES string of the molecule is O=C(NCC(O)C(=O)O)c1c(Cl)cccc1[N+](=O)[O-]. The van der Waals surface area contributed by atoms with Gasteiger partial charge in [-0.1, -0.05) is 17.7 Å². The molecule has 0 fully saturated rings. The summed E-state index contributed by atoms with van der Waals surface area (Å²) in [6, 6.07) is 3.69. The van der Waals surface area contributed by atoms with Crippen molar-refractivity contribution in [1.82, 2.24) is 5.32 Å². The highest BCUT2D eigenvalue weighted by Crippen LogP contribution is 2.25. The highest BCUT2D eigenvalue weighted by molar-refractivity contribution is 6.34. The van der Waals surface area contributed by atoms with Gasteiger partial charge in [0.05, 0.1) is 16.5 Å². The Morgan fingerprint density at radius 1 is 1.47 bits per heavy atom. The van der Waals surface area contributed by atoms with Crippen molar-refractivity contribution in [1.29, 1.82) is 0 Å². The van der Waals surface area contributed by atoms with Gasteiger partial charge in [-0.2, -0.15) is 0 Å². The number of carboxylic acid groups (broad SMARTS) is 1. The fourth-order valence-corrected chi connectivity index (χ4v) is 1.51. The second-order valence-corrected chi connectivity index (χ2v) is 3.86. The molecule has 1 aromatic rings. The molecule has 1 unspecified atom stereocenters. The number of carbonyl (C=O) groups is 2. The average Bonchev–Trinajstić information content (AvgIpc) is 2.34. The quantitative estimate of drug-likeness (QED) is 0.532. The number of carboxylic acids is 1. The second-order valence-electron chi connectivity index (χ2n) is 3.46. The van der Waals surface area contributed by atoms with Crippen LogP contribution in [-0.4, -0.2) is 39.7 Å². The normalized spacial score (nSPS) is 11.7. The van der Waals surface area contributed by atoms with Crippen LogP contribution >= 0.6 is 11.6 Å². The summed E-state index contributed by atoms with van der Waals surface area (Å²) < 4.78 is 0. The lowest BCUT2D eigenvalue weighted by molar-refractivity contribution is -0.385. The van der Waals surface area contributed by atoms with Crippen molar-refractivity contribution in [2.24, 2.45) is 0 Å². The zero-order chi connectivity index (χ0) is 14.6. The van der Waals surface area contributed by atoms with Gasteiger partial charge in [0.1, 0.15) is 5.56 Å². The minimum atomic E-state index is -1.80. The highest BCUT2D eigenvalue weighted by Gasteiger charge is 2.24. The Balaban J connectivity index is 2.94. The van der Waals surface area contributed by atoms with Crippen LogP contribution in [0.15, 0.2) is 18.2 Å². The summed E-state index contributed by atoms with van der Waals surface area (Å²) in [5.74, 6) is -2.45. The van der Waals surface area contributed by atoms with E-state index in [4.69, 9.17) is 21.8 Å². The molecule has 0 heterocycles. The van der Waals surface area contributed by atoms with Crippen LogP contribution in [0.4, 0.5) is 5.69 Å². The standard InChI is InChI=1S/C10H9ClN2O6/c11-5-2-1-3-6(13(18)19)8(5)9(15)12-4-7(14)10(16)17/h1-3,7,14H,4H2,(H,12,15)(H,16,17). The first-order chi connectivity index (χ1) is 8.84. The Bertz CT molecular complexity index is 533. The third-order valence-electron chi connectivity index (χ3n) is 2.16. The van der Waals surface area contributed by atoms with Crippen LogP contribution in [-0.2, 0) is 4.79 Å². The highest BCUT2D eigenvalue weighted by atomic mass is 35.5. The van der Waals surface area contributed by atoms with Crippen molar-refractivity contribution < 1.29 is 24.7 Å². The first-order valence-electron chi connectivity index (χ1n) is 4.96. The Morgan fingerprint density at radius 2 is 2.11 bits per heavy atom. The van der Waals surface area contributed by atoms with E-state index in [1.54, 1.807) is 0 Å². The number of rotatable bonds is 5. The number of benzene rings is 1. The molecule has 1 atom stereocenters. The number of hydrogen-bond acceptors (Lipinski definition) is 5. The lowest BCUT2D eigenvalue weighted by Crippen LogP contribution is -2.36. The minimum Gasteiger partial charge on any atom is -0.479 e. The monoisotopic (exact) mass is 288 g/mol. The number of hydrogen-bond donors (Lipinski definition) is 3. The van der Waals surface area contributed by atoms with E-state index < -0.39 is 35.1 Å². The molecular formula is C10H9ClN2O6. The molecule has 0 aliphatic heterocycles. The Hall–Kier alpha value is -2.19. The maximum absolute atomic E-state index is 11.7. The van der Waals surface area contributed by atoms with Crippen LogP contribution in [0.3, 0.4) is 0 Å². The fourth-order valence-electron chi connectivity index (χ4n) is 1.25. The van der Waals surface area contributed by atoms with Gasteiger partial charge in [0, 0.05) is 6.07 Å². The summed E-state index contributed by atoms with van der Waals surface area (Å²) in [6.07, 6.45) is -1.80. The summed E-state index contributed by atoms with van der Waals surface area (Å²) in [7, 11) is 0. The molecule has 9 heteroatoms. The summed E-state index contributed by atoms with van der Waals surface area (Å²) >= 11 is 5.70. The molecule has 1 aromatic carbocycles. The molecular weight excluding hydrogens is 280 g/mol. The number of nitro benzene ring substituents is 1. The van der Waals surface area contributed by atoms with E-state index in [2.05, 4.69) is 5.32 Å². The van der Waals surface area contributed by atoms with E-state index in [1.807, 2.05) is 0 Å². The third kappa shape index (κ3) is 3.63. The van der Waals surface area contributed by atoms with Crippen LogP contribution in [0.25, 0.3) is 0 Å². The van der Waals surface area contributed by atoms with Gasteiger partial charge >= 0.3 is 5.97 Å². The number of amides is 1. The van der Waals surface area contributed by atoms with E-state index in [1.165, 1.54) is 12.1 Å². The molecule has 0 spiro atoms. The van der Waals surface area contributed by atoms with Crippen molar-refractivity contribution >= 4 is 29.2 Å². The summed E-state index contributed by atoms with van der Waals surface area (Å²) in [4.78, 5) is 32.0. The predicted octanol–water partition coefficient (Wildman–Crippen LogP) is 0.424. The van der Waals surface area contributed by atoms with Crippen molar-refractivity contribution in [3.63, 3.8) is 0 Å². The molecule has 1 rings (SSSR count). The molecule has 8 nitrogen and oxygen atoms in total. The molecule has 0 aliphatic carbocycles. The number of nitrogens with one attached hydrogen (secondary N) is 1. The number of aliphatic hydroxyl groups is 1. The zero-order valence-electron chi connectivity index (χ0n) is 9.37. The lowest BCUT2D eigenvalue weighted by atomic mass is 10.1. The molecule has 0 saturated heterocycles. The van der Waals surface area contributed by atoms with Gasteiger partial charge in [-0.15, -0.1) is 0 Å². The maximum Gasteiger partial charge on any atom is 0.334 e. The summed E-state index contributed by atoms with van der Waals surface area (Å²) in [5, 5.41) is 30.1. The zero-order valence-corrected chi connectivity index (χ0v) is 10.1. The smallest absolute Gasteiger partial charge is 0.334 e. The van der Waals surface area contributed by atoms with Crippen molar-refractivity contribution in [2.45, 2.75) is 6.10 Å². The largest absolute Gasteiger partial charge is 0.479 e. The van der Waals surface area contributed by atoms with Crippen LogP contribution in [0, 0.1) is 10.1 Å². The van der Waals surface area contributed by atoms with Crippen LogP contribution < -0.4 is 5.32 Å². The number of nitro groups is 1. The van der Waals surface area contributed by atoms with E-state index in [0.29, 0.717) is 0 Å². The Kier molecular flexibility index (Phi) is 4.79. The second kappa shape index (κ2) is 6.12. The van der Waals surface area contributed by atoms with Gasteiger partial charge in [-0.05, 0) is 6.07 Å². The van der Waals surface area contributed by atoms with Gasteiger partial charge in [0.15, 0.2) is 6.10 Å². The predicted molar refractivity (Wildman–Crippen MR) is 64.1 cm³/mol. The van der Waals surface area contributed by atoms with Crippen molar-refractivity contribution in [2.75, 3.05) is 6.54 Å². The van der Waals surface area contributed by atoms with Crippen LogP contribution in [0.5, 0.6) is 0 Å². The molecule has 0 saturated carbocycles. The molecule has 102 valence electrons. The topological polar surface area (TPSA) is 130 Å². The first-order valence-corrected chi connectivity index (χ1v) is 5.34. The van der Waals surface area contributed by atoms with Gasteiger partial charge in [-0.25, -0.2) is 4.79 Å². The molecule has 0 radical (unpaired) electrons. The number of halogens is 1. The van der Waals surface area contributed by atoms with Gasteiger partial charge in [-0.3, -0.25) is 14.9 Å². The van der Waals surface area contributed by atoms with Crippen LogP contribution in [0.2, 0.25) is 5.02 Å². The van der Waals surface area contributed by atoms with E-state index in [-0.39, 0.29) is 10.6 Å². The molecule has 0 bridgehead atoms. The minimum absolute atomic E-state index is 0.142. The number of aliphatic carboxylic acids is 1. The van der Waals surface area contributed by atoms with E-state index in [0.717, 1.165) is 6.07 Å². The molecule has 0 aromatic heterocycles. The number of carbonyl (C=O) groups excluding carboxylic acids is 1. The van der Waals surface area contributed by atoms with E-state index >= 15 is 0 Å². The Morgan fingerprint density at radius 3 is 2.63 bits per heavy atom. The average molecular weight is 289 g/mol. The van der Waals surface area contributed by atoms with Crippen molar-refractivity contribution in [3.8, 4) is 0 Å². The Labute approximate surface area is 111 Å². The third-order valence-corrected chi connectivity index (χ3v) is 2.47. The lowest BCUT2D eigenvalue weighted by Gasteiger charge is -2.09. The molecule has 1 amide bonds. The molecule has 3 N–H and O–H groups in total. The molecule has 19 heavy (non-hydrogen) atoms. The van der Waals surface area contributed by atoms with E-state index in [9.17, 15) is 19.7 Å². The van der Waals surface area contributed by atoms with Gasteiger partial charge in [0.25, 0.3) is 11.6 Å². The van der Waals surface area contributed by atoms with Crippen LogP contribution in [0.1, 0.15) is 10.4 Å². The van der Waals surface area contributed by atoms with Crippen molar-refractivity contribution in [3.05, 3.63) is 38.9 Å². The summed E-state index contributed by atoms with van der Waals surface area (Å²) in [5.41, 5.74) is -0.887. The molecule has 0 aliphatic rings. The maximum atomic E-state index is 11.7. The van der Waals surface area contributed by atoms with Gasteiger partial charge in [0.2, 0.25) is 0 Å².